The van der Waals surface area contributed by atoms with Gasteiger partial charge in [0.25, 0.3) is 0 Å². The van der Waals surface area contributed by atoms with Gasteiger partial charge in [0, 0.05) is 11.6 Å². The third-order valence-electron chi connectivity index (χ3n) is 2.37. The van der Waals surface area contributed by atoms with Gasteiger partial charge in [-0.2, -0.15) is 0 Å². The molecule has 0 spiro atoms. The fourth-order valence-electron chi connectivity index (χ4n) is 1.75. The van der Waals surface area contributed by atoms with Crippen LogP contribution in [-0.4, -0.2) is 42.3 Å². The molecule has 0 unspecified atom stereocenters. The van der Waals surface area contributed by atoms with Crippen LogP contribution in [-0.2, 0) is 0 Å². The van der Waals surface area contributed by atoms with Crippen molar-refractivity contribution >= 4 is 22.8 Å². The third-order valence-corrected chi connectivity index (χ3v) is 2.37. The van der Waals surface area contributed by atoms with E-state index in [1.54, 1.807) is 6.33 Å². The molecule has 0 bridgehead atoms. The first-order valence-electron chi connectivity index (χ1n) is 5.53. The van der Waals surface area contributed by atoms with Crippen LogP contribution in [0.3, 0.4) is 0 Å². The molecule has 0 atom stereocenters. The van der Waals surface area contributed by atoms with Crippen LogP contribution in [0, 0.1) is 0 Å². The number of H-pyrrole nitrogens is 1. The number of fused-ring (bicyclic) bond motifs is 1. The van der Waals surface area contributed by atoms with E-state index in [1.807, 2.05) is 25.5 Å². The van der Waals surface area contributed by atoms with E-state index in [9.17, 15) is 0 Å². The summed E-state index contributed by atoms with van der Waals surface area (Å²) in [4.78, 5) is 15.9. The average molecular weight is 231 g/mol. The zero-order valence-corrected chi connectivity index (χ0v) is 10.3. The fraction of sp³-hybridized carbons (Fsp3) is 0.250. The number of hydrogen-bond acceptors (Lipinski definition) is 2. The zero-order chi connectivity index (χ0) is 12.3. The molecule has 0 saturated heterocycles. The quantitative estimate of drug-likeness (QED) is 0.547. The molecule has 0 amide bonds. The highest BCUT2D eigenvalue weighted by Crippen LogP contribution is 2.18. The van der Waals surface area contributed by atoms with Gasteiger partial charge >= 0.3 is 0 Å². The minimum atomic E-state index is 0.860. The molecule has 0 aliphatic heterocycles. The molecular weight excluding hydrogens is 214 g/mol. The summed E-state index contributed by atoms with van der Waals surface area (Å²) in [6.45, 7) is 0. The van der Waals surface area contributed by atoms with E-state index >= 15 is 0 Å². The lowest BCUT2D eigenvalue weighted by Crippen LogP contribution is -3.00. The maximum Gasteiger partial charge on any atom is 0.176 e. The van der Waals surface area contributed by atoms with Crippen molar-refractivity contribution in [3.8, 4) is 0 Å². The SMILES string of the molecule is C[NH+]=C/C(=C/[NH+](C)C)c1ncnc2[nH]ccc12. The largest absolute Gasteiger partial charge is 0.346 e. The van der Waals surface area contributed by atoms with Crippen LogP contribution < -0.4 is 9.89 Å². The van der Waals surface area contributed by atoms with Crippen LogP contribution in [0.4, 0.5) is 0 Å². The second-order valence-corrected chi connectivity index (χ2v) is 4.07. The summed E-state index contributed by atoms with van der Waals surface area (Å²) in [5, 5.41) is 1.03. The van der Waals surface area contributed by atoms with Crippen molar-refractivity contribution in [2.24, 2.45) is 0 Å². The summed E-state index contributed by atoms with van der Waals surface area (Å²) in [5.41, 5.74) is 2.85. The molecular formula is C12H17N5+2. The first-order chi connectivity index (χ1) is 8.22. The Morgan fingerprint density at radius 1 is 1.41 bits per heavy atom. The zero-order valence-electron chi connectivity index (χ0n) is 10.3. The Morgan fingerprint density at radius 2 is 2.24 bits per heavy atom. The van der Waals surface area contributed by atoms with Gasteiger partial charge in [-0.15, -0.1) is 0 Å². The van der Waals surface area contributed by atoms with Gasteiger partial charge in [0.05, 0.1) is 19.8 Å². The molecule has 0 aliphatic rings. The molecule has 2 aromatic heterocycles. The van der Waals surface area contributed by atoms with Gasteiger partial charge in [-0.25, -0.2) is 9.97 Å². The summed E-state index contributed by atoms with van der Waals surface area (Å²) in [7, 11) is 6.02. The molecule has 0 fully saturated rings. The molecule has 3 N–H and O–H groups in total. The molecule has 88 valence electrons. The monoisotopic (exact) mass is 231 g/mol. The minimum absolute atomic E-state index is 0.860. The smallest absolute Gasteiger partial charge is 0.176 e. The second-order valence-electron chi connectivity index (χ2n) is 4.07. The van der Waals surface area contributed by atoms with Crippen molar-refractivity contribution in [2.45, 2.75) is 0 Å². The number of allylic oxidation sites excluding steroid dienone is 1. The highest BCUT2D eigenvalue weighted by atomic mass is 15.0. The van der Waals surface area contributed by atoms with E-state index in [0.29, 0.717) is 0 Å². The van der Waals surface area contributed by atoms with Crippen LogP contribution in [0.15, 0.2) is 24.8 Å². The van der Waals surface area contributed by atoms with Crippen molar-refractivity contribution in [1.29, 1.82) is 0 Å². The molecule has 0 aromatic carbocycles. The molecule has 5 heteroatoms. The molecule has 0 saturated carbocycles. The van der Waals surface area contributed by atoms with Crippen molar-refractivity contribution in [2.75, 3.05) is 21.1 Å². The maximum atomic E-state index is 4.37. The average Bonchev–Trinajstić information content (AvgIpc) is 2.75. The number of quaternary nitrogens is 1. The molecule has 17 heavy (non-hydrogen) atoms. The van der Waals surface area contributed by atoms with Crippen LogP contribution in [0.1, 0.15) is 5.69 Å². The van der Waals surface area contributed by atoms with Crippen LogP contribution in [0.2, 0.25) is 0 Å². The normalized spacial score (nSPS) is 13.1. The van der Waals surface area contributed by atoms with E-state index in [1.165, 1.54) is 4.90 Å². The standard InChI is InChI=1S/C12H15N5/c1-13-6-9(7-17(2)3)11-10-4-5-14-12(10)16-8-15-11/h4-8H,1-3H3,(H,14,15,16)/p+2/b9-7-,13-6?. The van der Waals surface area contributed by atoms with Gasteiger partial charge < -0.3 is 9.88 Å². The Morgan fingerprint density at radius 3 is 2.94 bits per heavy atom. The Balaban J connectivity index is 2.60. The predicted molar refractivity (Wildman–Crippen MR) is 67.6 cm³/mol. The van der Waals surface area contributed by atoms with Crippen LogP contribution in [0.25, 0.3) is 16.6 Å². The summed E-state index contributed by atoms with van der Waals surface area (Å²) in [6, 6.07) is 1.99. The second kappa shape index (κ2) is 4.88. The first-order valence-corrected chi connectivity index (χ1v) is 5.53. The number of aromatic nitrogens is 3. The molecule has 2 rings (SSSR count). The van der Waals surface area contributed by atoms with Crippen molar-refractivity contribution in [1.82, 2.24) is 15.0 Å². The maximum absolute atomic E-state index is 4.37. The van der Waals surface area contributed by atoms with Crippen LogP contribution >= 0.6 is 0 Å². The number of hydrogen-bond donors (Lipinski definition) is 3. The summed E-state index contributed by atoms with van der Waals surface area (Å²) >= 11 is 0. The van der Waals surface area contributed by atoms with Gasteiger partial charge in [-0.3, -0.25) is 4.99 Å². The molecule has 5 nitrogen and oxygen atoms in total. The fourth-order valence-corrected chi connectivity index (χ4v) is 1.75. The first kappa shape index (κ1) is 11.5. The minimum Gasteiger partial charge on any atom is -0.346 e. The highest BCUT2D eigenvalue weighted by molar-refractivity contribution is 6.10. The molecule has 0 radical (unpaired) electrons. The van der Waals surface area contributed by atoms with E-state index in [4.69, 9.17) is 0 Å². The summed E-state index contributed by atoms with van der Waals surface area (Å²) < 4.78 is 0. The highest BCUT2D eigenvalue weighted by Gasteiger charge is 2.11. The van der Waals surface area contributed by atoms with E-state index in [-0.39, 0.29) is 0 Å². The van der Waals surface area contributed by atoms with E-state index in [0.717, 1.165) is 22.3 Å². The number of nitrogens with zero attached hydrogens (tertiary/aromatic N) is 2. The topological polar surface area (TPSA) is 60.0 Å². The van der Waals surface area contributed by atoms with E-state index < -0.39 is 0 Å². The Kier molecular flexibility index (Phi) is 3.30. The van der Waals surface area contributed by atoms with Crippen molar-refractivity contribution in [3.63, 3.8) is 0 Å². The lowest BCUT2D eigenvalue weighted by Gasteiger charge is -2.03. The van der Waals surface area contributed by atoms with Gasteiger partial charge in [0.1, 0.15) is 30.8 Å². The van der Waals surface area contributed by atoms with E-state index in [2.05, 4.69) is 40.2 Å². The Hall–Kier alpha value is -2.01. The lowest BCUT2D eigenvalue weighted by atomic mass is 10.1. The lowest BCUT2D eigenvalue weighted by molar-refractivity contribution is -0.800. The molecule has 2 heterocycles. The number of rotatable bonds is 3. The van der Waals surface area contributed by atoms with Gasteiger partial charge in [0.15, 0.2) is 6.21 Å². The summed E-state index contributed by atoms with van der Waals surface area (Å²) in [5.74, 6) is 0. The Labute approximate surface area is 99.9 Å². The summed E-state index contributed by atoms with van der Waals surface area (Å²) in [6.07, 6.45) is 7.51. The van der Waals surface area contributed by atoms with Crippen molar-refractivity contribution < 1.29 is 9.89 Å². The van der Waals surface area contributed by atoms with Crippen LogP contribution in [0.5, 0.6) is 0 Å². The molecule has 0 aliphatic carbocycles. The number of aromatic amines is 1. The third kappa shape index (κ3) is 2.39. The van der Waals surface area contributed by atoms with Crippen molar-refractivity contribution in [3.05, 3.63) is 30.5 Å². The Bertz CT molecular complexity index is 565. The van der Waals surface area contributed by atoms with Gasteiger partial charge in [-0.05, 0) is 6.07 Å². The number of nitrogens with one attached hydrogen (secondary N) is 3. The van der Waals surface area contributed by atoms with Gasteiger partial charge in [-0.1, -0.05) is 0 Å². The molecule has 2 aromatic rings. The van der Waals surface area contributed by atoms with Gasteiger partial charge in [0.2, 0.25) is 0 Å². The predicted octanol–water partition coefficient (Wildman–Crippen LogP) is -1.78.